The van der Waals surface area contributed by atoms with Gasteiger partial charge in [-0.15, -0.1) is 9.62 Å². The molecule has 6 heterocycles. The molecule has 0 bridgehead atoms. The lowest BCUT2D eigenvalue weighted by Gasteiger charge is -2.25. The van der Waals surface area contributed by atoms with Gasteiger partial charge < -0.3 is 40.0 Å². The van der Waals surface area contributed by atoms with E-state index in [-0.39, 0.29) is 47.1 Å². The van der Waals surface area contributed by atoms with Crippen LogP contribution >= 0.6 is 26.2 Å². The summed E-state index contributed by atoms with van der Waals surface area (Å²) >= 11 is 8.92. The van der Waals surface area contributed by atoms with Crippen molar-refractivity contribution in [1.82, 2.24) is 44.5 Å². The molecule has 0 radical (unpaired) electrons. The summed E-state index contributed by atoms with van der Waals surface area (Å²) < 4.78 is 56.8. The maximum atomic E-state index is 15.1. The zero-order valence-corrected chi connectivity index (χ0v) is 25.4. The van der Waals surface area contributed by atoms with Crippen molar-refractivity contribution < 1.29 is 42.0 Å². The first-order valence-electron chi connectivity index (χ1n) is 12.5. The van der Waals surface area contributed by atoms with Crippen LogP contribution in [0.3, 0.4) is 0 Å². The number of hydrogen-bond donors (Lipinski definition) is 6. The number of nitrogen functional groups attached to an aromatic ring is 2. The standard InChI is InChI=1S/C19H22FN11O9P2S2/c20-9-12(32)8(39-18(9)31-14-10(28-29-31)13(21)23-4-24-14)3-37-42(35,44)40-7-1-6(2-36-41(34)43)38-17(7)30-5-25-11-15(30)26-19(22)27-16(11)33/h4-9,12,17-18,32H,1-3H2,(H6-,21,22,23,24,26,27,29,33,34,35,43,44)/p+1/t6-,7?,8+,9?,12?,17+,18+,42?/m0/s1. The van der Waals surface area contributed by atoms with Crippen LogP contribution in [-0.4, -0.2) is 98.3 Å². The number of rotatable bonds is 10. The number of alkyl halides is 1. The van der Waals surface area contributed by atoms with Crippen molar-refractivity contribution in [2.24, 2.45) is 0 Å². The fourth-order valence-electron chi connectivity index (χ4n) is 4.80. The molecule has 5 unspecified atom stereocenters. The molecule has 9 atom stereocenters. The van der Waals surface area contributed by atoms with Gasteiger partial charge in [-0.05, 0) is 16.4 Å². The Hall–Kier alpha value is -2.82. The third-order valence-electron chi connectivity index (χ3n) is 6.74. The number of ether oxygens (including phenoxy) is 2. The number of nitrogens with two attached hydrogens (primary N) is 2. The molecular formula is C19H23FN11O9P2S2+. The number of nitrogens with one attached hydrogen (secondary N) is 1. The van der Waals surface area contributed by atoms with Crippen molar-refractivity contribution in [1.29, 1.82) is 0 Å². The first-order valence-corrected chi connectivity index (χ1v) is 17.5. The molecule has 2 aliphatic heterocycles. The second-order valence-electron chi connectivity index (χ2n) is 9.57. The van der Waals surface area contributed by atoms with Gasteiger partial charge in [0.15, 0.2) is 46.8 Å². The van der Waals surface area contributed by atoms with Crippen molar-refractivity contribution in [2.75, 3.05) is 24.7 Å². The lowest BCUT2D eigenvalue weighted by Crippen LogP contribution is -2.31. The molecule has 0 aliphatic carbocycles. The zero-order valence-electron chi connectivity index (χ0n) is 21.9. The summed E-state index contributed by atoms with van der Waals surface area (Å²) in [4.78, 5) is 41.5. The fraction of sp³-hybridized carbons (Fsp3) is 0.526. The molecule has 20 nitrogen and oxygen atoms in total. The molecule has 2 aliphatic rings. The van der Waals surface area contributed by atoms with E-state index in [0.717, 1.165) is 11.0 Å². The number of thiol groups is 1. The predicted octanol–water partition coefficient (Wildman–Crippen LogP) is -0.375. The number of aromatic nitrogens is 9. The average molecular weight is 695 g/mol. The van der Waals surface area contributed by atoms with E-state index in [2.05, 4.69) is 47.5 Å². The molecule has 4 aromatic rings. The molecule has 2 fully saturated rings. The third-order valence-corrected chi connectivity index (χ3v) is 9.04. The van der Waals surface area contributed by atoms with Crippen molar-refractivity contribution in [2.45, 2.75) is 49.5 Å². The van der Waals surface area contributed by atoms with Gasteiger partial charge in [0, 0.05) is 6.42 Å². The lowest BCUT2D eigenvalue weighted by molar-refractivity contribution is -0.0565. The molecule has 236 valence electrons. The number of aliphatic hydroxyl groups is 1. The monoisotopic (exact) mass is 694 g/mol. The molecule has 4 aromatic heterocycles. The summed E-state index contributed by atoms with van der Waals surface area (Å²) in [5, 5.41) is 18.2. The van der Waals surface area contributed by atoms with Crippen molar-refractivity contribution in [3.63, 3.8) is 0 Å². The summed E-state index contributed by atoms with van der Waals surface area (Å²) in [7, 11) is -2.25. The second kappa shape index (κ2) is 12.2. The molecule has 25 heteroatoms. The number of H-pyrrole nitrogens is 1. The molecule has 2 saturated heterocycles. The number of hydrogen-bond acceptors (Lipinski definition) is 17. The third kappa shape index (κ3) is 6.05. The largest absolute Gasteiger partial charge is 0.582 e. The van der Waals surface area contributed by atoms with Crippen LogP contribution in [0.1, 0.15) is 18.9 Å². The molecule has 0 spiro atoms. The molecular weight excluding hydrogens is 671 g/mol. The number of halogens is 1. The Balaban J connectivity index is 1.17. The molecule has 6 rings (SSSR count). The number of fused-ring (bicyclic) bond motifs is 2. The minimum Gasteiger partial charge on any atom is -0.387 e. The van der Waals surface area contributed by atoms with Crippen LogP contribution in [0, 0.1) is 0 Å². The lowest BCUT2D eigenvalue weighted by atomic mass is 10.1. The van der Waals surface area contributed by atoms with Crippen LogP contribution in [0.4, 0.5) is 16.2 Å². The fourth-order valence-corrected chi connectivity index (χ4v) is 6.74. The van der Waals surface area contributed by atoms with Gasteiger partial charge in [0.05, 0.1) is 19.0 Å². The zero-order chi connectivity index (χ0) is 31.3. The van der Waals surface area contributed by atoms with Crippen LogP contribution < -0.4 is 17.0 Å². The van der Waals surface area contributed by atoms with E-state index >= 15 is 4.39 Å². The Morgan fingerprint density at radius 2 is 2.02 bits per heavy atom. The SMILES string of the molecule is Nc1nc2c(ncn2[C@@H]2O[C@H](CO[P+](=O)S)CC2OP(O)(=S)OC[C@H]2O[C@@H](n3nnc4c(N)ncnc43)C(F)C2O)c(=O)[nH]1. The van der Waals surface area contributed by atoms with Crippen LogP contribution in [0.25, 0.3) is 22.3 Å². The summed E-state index contributed by atoms with van der Waals surface area (Å²) in [6.45, 7) is -4.89. The summed E-state index contributed by atoms with van der Waals surface area (Å²) in [5.74, 6) is -0.165. The molecule has 0 saturated carbocycles. The van der Waals surface area contributed by atoms with E-state index in [1.807, 2.05) is 0 Å². The highest BCUT2D eigenvalue weighted by Crippen LogP contribution is 2.50. The van der Waals surface area contributed by atoms with Gasteiger partial charge in [0.2, 0.25) is 5.95 Å². The minimum absolute atomic E-state index is 0.0189. The van der Waals surface area contributed by atoms with Crippen LogP contribution in [0.15, 0.2) is 17.4 Å². The Morgan fingerprint density at radius 1 is 1.23 bits per heavy atom. The number of imidazole rings is 1. The highest BCUT2D eigenvalue weighted by Gasteiger charge is 2.48. The van der Waals surface area contributed by atoms with E-state index < -0.39 is 69.2 Å². The van der Waals surface area contributed by atoms with Gasteiger partial charge in [0.25, 0.3) is 5.56 Å². The van der Waals surface area contributed by atoms with Gasteiger partial charge >= 0.3 is 13.9 Å². The maximum Gasteiger partial charge on any atom is 0.582 e. The van der Waals surface area contributed by atoms with Gasteiger partial charge in [-0.2, -0.15) is 9.67 Å². The van der Waals surface area contributed by atoms with Crippen LogP contribution in [0.5, 0.6) is 0 Å². The summed E-state index contributed by atoms with van der Waals surface area (Å²) in [6.07, 6.45) is -6.89. The Labute approximate surface area is 255 Å². The van der Waals surface area contributed by atoms with Gasteiger partial charge in [-0.1, -0.05) is 5.21 Å². The molecule has 0 aromatic carbocycles. The van der Waals surface area contributed by atoms with E-state index in [1.54, 1.807) is 0 Å². The number of nitrogens with zero attached hydrogens (tertiary/aromatic N) is 8. The van der Waals surface area contributed by atoms with Gasteiger partial charge in [-0.3, -0.25) is 14.3 Å². The normalized spacial score (nSPS) is 29.0. The van der Waals surface area contributed by atoms with E-state index in [9.17, 15) is 19.4 Å². The Kier molecular flexibility index (Phi) is 8.63. The number of aliphatic hydroxyl groups excluding tert-OH is 1. The molecule has 44 heavy (non-hydrogen) atoms. The van der Waals surface area contributed by atoms with Gasteiger partial charge in [0.1, 0.15) is 43.5 Å². The van der Waals surface area contributed by atoms with E-state index in [1.165, 1.54) is 10.9 Å². The van der Waals surface area contributed by atoms with Crippen LogP contribution in [-0.2, 0) is 39.4 Å². The van der Waals surface area contributed by atoms with Crippen LogP contribution in [0.2, 0.25) is 0 Å². The summed E-state index contributed by atoms with van der Waals surface area (Å²) in [6, 6.07) is 0. The van der Waals surface area contributed by atoms with E-state index in [4.69, 9.17) is 46.3 Å². The molecule has 0 amide bonds. The first-order chi connectivity index (χ1) is 20.9. The highest BCUT2D eigenvalue weighted by molar-refractivity contribution is 8.39. The van der Waals surface area contributed by atoms with Crippen molar-refractivity contribution >= 4 is 72.1 Å². The van der Waals surface area contributed by atoms with E-state index in [0.29, 0.717) is 0 Å². The highest BCUT2D eigenvalue weighted by atomic mass is 32.7. The minimum atomic E-state index is -4.14. The summed E-state index contributed by atoms with van der Waals surface area (Å²) in [5.41, 5.74) is 11.1. The van der Waals surface area contributed by atoms with Crippen molar-refractivity contribution in [3.8, 4) is 0 Å². The maximum absolute atomic E-state index is 15.1. The quantitative estimate of drug-likeness (QED) is 0.0912. The second-order valence-corrected chi connectivity index (χ2v) is 14.1. The van der Waals surface area contributed by atoms with Gasteiger partial charge in [-0.25, -0.2) is 19.3 Å². The first kappa shape index (κ1) is 31.2. The smallest absolute Gasteiger partial charge is 0.387 e. The average Bonchev–Trinajstić information content (AvgIpc) is 3.73. The number of aromatic amines is 1. The topological polar surface area (TPSA) is 276 Å². The predicted molar refractivity (Wildman–Crippen MR) is 153 cm³/mol. The Morgan fingerprint density at radius 3 is 2.80 bits per heavy atom. The number of anilines is 2. The molecule has 7 N–H and O–H groups in total. The Bertz CT molecular complexity index is 1830. The van der Waals surface area contributed by atoms with Crippen molar-refractivity contribution in [3.05, 3.63) is 23.0 Å².